The van der Waals surface area contributed by atoms with E-state index in [0.29, 0.717) is 5.54 Å². The smallest absolute Gasteiger partial charge is 0.178 e. The average molecular weight is 236 g/mol. The van der Waals surface area contributed by atoms with Crippen molar-refractivity contribution in [3.63, 3.8) is 0 Å². The first-order valence-corrected chi connectivity index (χ1v) is 6.62. The third kappa shape index (κ3) is 3.59. The predicted octanol–water partition coefficient (Wildman–Crippen LogP) is 1.56. The molecule has 1 aromatic rings. The zero-order chi connectivity index (χ0) is 12.0. The lowest BCUT2D eigenvalue weighted by molar-refractivity contribution is -0.0762. The van der Waals surface area contributed by atoms with Crippen molar-refractivity contribution >= 4 is 10.2 Å². The Labute approximate surface area is 101 Å². The molecule has 2 nitrogen and oxygen atoms in total. The van der Waals surface area contributed by atoms with Gasteiger partial charge in [0.2, 0.25) is 0 Å². The molecule has 3 heteroatoms. The summed E-state index contributed by atoms with van der Waals surface area (Å²) in [6.45, 7) is 4.08. The summed E-state index contributed by atoms with van der Waals surface area (Å²) < 4.78 is 10.4. The number of hydrogen-bond acceptors (Lipinski definition) is 2. The first kappa shape index (κ1) is 13.2. The van der Waals surface area contributed by atoms with Crippen molar-refractivity contribution in [1.29, 1.82) is 0 Å². The van der Waals surface area contributed by atoms with Gasteiger partial charge in [0.05, 0.1) is 0 Å². The highest BCUT2D eigenvalue weighted by molar-refractivity contribution is 6.13. The van der Waals surface area contributed by atoms with Crippen molar-refractivity contribution < 1.29 is 9.47 Å². The maximum absolute atomic E-state index is 5.22. The molecule has 0 saturated carbocycles. The van der Waals surface area contributed by atoms with E-state index in [2.05, 4.69) is 30.8 Å². The first-order valence-electron chi connectivity index (χ1n) is 5.47. The van der Waals surface area contributed by atoms with Gasteiger partial charge >= 0.3 is 0 Å². The number of hydrogen-bond donors (Lipinski definition) is 0. The Hall–Kier alpha value is -0.903. The van der Waals surface area contributed by atoms with Crippen molar-refractivity contribution in [1.82, 2.24) is 0 Å². The highest BCUT2D eigenvalue weighted by atomic mass is 28.1. The van der Waals surface area contributed by atoms with E-state index in [1.54, 1.807) is 14.2 Å². The molecular weight excluding hydrogens is 216 g/mol. The molecule has 0 N–H and O–H groups in total. The molecule has 0 radical (unpaired) electrons. The monoisotopic (exact) mass is 236 g/mol. The van der Waals surface area contributed by atoms with Crippen LogP contribution in [0.3, 0.4) is 0 Å². The number of methoxy groups -OCH3 is 2. The fourth-order valence-electron chi connectivity index (χ4n) is 1.73. The normalized spacial score (nSPS) is 12.9. The van der Waals surface area contributed by atoms with Crippen molar-refractivity contribution in [2.75, 3.05) is 14.2 Å². The summed E-state index contributed by atoms with van der Waals surface area (Å²) in [4.78, 5) is 0. The van der Waals surface area contributed by atoms with Crippen LogP contribution in [0.1, 0.15) is 5.56 Å². The number of ether oxygens (including phenoxy) is 2. The Morgan fingerprint density at radius 1 is 1.25 bits per heavy atom. The fourth-order valence-corrected chi connectivity index (χ4v) is 2.47. The third-order valence-corrected chi connectivity index (χ3v) is 3.90. The summed E-state index contributed by atoms with van der Waals surface area (Å²) in [7, 11) is 4.35. The molecule has 0 aliphatic carbocycles. The summed E-state index contributed by atoms with van der Waals surface area (Å²) >= 11 is 0. The summed E-state index contributed by atoms with van der Waals surface area (Å²) in [6.07, 6.45) is 0.751. The minimum absolute atomic E-state index is 0.272. The molecule has 0 bridgehead atoms. The molecule has 0 fully saturated rings. The maximum atomic E-state index is 5.22. The van der Waals surface area contributed by atoms with Gasteiger partial charge < -0.3 is 9.47 Å². The second-order valence-corrected chi connectivity index (χ2v) is 5.36. The van der Waals surface area contributed by atoms with Gasteiger partial charge in [-0.3, -0.25) is 0 Å². The van der Waals surface area contributed by atoms with Crippen LogP contribution in [0.5, 0.6) is 0 Å². The number of benzene rings is 1. The van der Waals surface area contributed by atoms with Crippen LogP contribution in [-0.2, 0) is 15.9 Å². The van der Waals surface area contributed by atoms with Gasteiger partial charge in [0.25, 0.3) is 0 Å². The van der Waals surface area contributed by atoms with E-state index in [0.717, 1.165) is 22.2 Å². The Bertz CT molecular complexity index is 320. The number of rotatable bonds is 6. The molecule has 1 aromatic carbocycles. The molecule has 1 atom stereocenters. The van der Waals surface area contributed by atoms with Crippen molar-refractivity contribution in [3.05, 3.63) is 48.0 Å². The van der Waals surface area contributed by atoms with Crippen LogP contribution in [0, 0.1) is 0 Å². The van der Waals surface area contributed by atoms with Crippen LogP contribution in [0.2, 0.25) is 5.54 Å². The van der Waals surface area contributed by atoms with Crippen LogP contribution in [0.25, 0.3) is 0 Å². The Kier molecular flexibility index (Phi) is 5.45. The van der Waals surface area contributed by atoms with E-state index < -0.39 is 0 Å². The molecule has 0 amide bonds. The van der Waals surface area contributed by atoms with Crippen molar-refractivity contribution in [2.24, 2.45) is 0 Å². The summed E-state index contributed by atoms with van der Waals surface area (Å²) in [5, 5.41) is 0. The van der Waals surface area contributed by atoms with Gasteiger partial charge in [-0.2, -0.15) is 0 Å². The van der Waals surface area contributed by atoms with Crippen LogP contribution >= 0.6 is 0 Å². The van der Waals surface area contributed by atoms with E-state index in [4.69, 9.17) is 9.47 Å². The highest BCUT2D eigenvalue weighted by Crippen LogP contribution is 2.22. The summed E-state index contributed by atoms with van der Waals surface area (Å²) in [5.74, 6) is 0. The molecule has 1 unspecified atom stereocenters. The maximum Gasteiger partial charge on any atom is 0.178 e. The zero-order valence-electron chi connectivity index (χ0n) is 10.3. The Balaban J connectivity index is 2.58. The van der Waals surface area contributed by atoms with Gasteiger partial charge in [0, 0.05) is 24.5 Å². The third-order valence-electron chi connectivity index (χ3n) is 2.75. The Morgan fingerprint density at radius 3 is 2.31 bits per heavy atom. The van der Waals surface area contributed by atoms with Gasteiger partial charge in [-0.15, -0.1) is 0 Å². The van der Waals surface area contributed by atoms with Crippen molar-refractivity contribution in [2.45, 2.75) is 18.3 Å². The molecule has 0 aliphatic heterocycles. The van der Waals surface area contributed by atoms with E-state index in [-0.39, 0.29) is 6.29 Å². The Morgan fingerprint density at radius 2 is 1.81 bits per heavy atom. The molecule has 0 heterocycles. The predicted molar refractivity (Wildman–Crippen MR) is 70.8 cm³/mol. The molecule has 88 valence electrons. The standard InChI is InChI=1S/C13H20O2Si/c1-10(13(14-2)15-3)12(16)9-11-7-5-4-6-8-11/h4-8,12-13H,1,9H2,2-3,16H3. The molecule has 0 saturated heterocycles. The molecular formula is C13H20O2Si. The quantitative estimate of drug-likeness (QED) is 0.424. The summed E-state index contributed by atoms with van der Waals surface area (Å²) in [6, 6.07) is 10.5. The lowest BCUT2D eigenvalue weighted by Gasteiger charge is -2.21. The second-order valence-electron chi connectivity index (χ2n) is 3.97. The highest BCUT2D eigenvalue weighted by Gasteiger charge is 2.16. The van der Waals surface area contributed by atoms with Gasteiger partial charge in [0.15, 0.2) is 6.29 Å². The first-order chi connectivity index (χ1) is 7.69. The van der Waals surface area contributed by atoms with Crippen LogP contribution < -0.4 is 0 Å². The van der Waals surface area contributed by atoms with Gasteiger partial charge in [-0.25, -0.2) is 0 Å². The minimum Gasteiger partial charge on any atom is -0.352 e. The fraction of sp³-hybridized carbons (Fsp3) is 0.385. The summed E-state index contributed by atoms with van der Waals surface area (Å²) in [5.41, 5.74) is 2.86. The molecule has 0 aliphatic rings. The van der Waals surface area contributed by atoms with Gasteiger partial charge in [0.1, 0.15) is 0 Å². The van der Waals surface area contributed by atoms with Crippen LogP contribution in [0.4, 0.5) is 0 Å². The van der Waals surface area contributed by atoms with E-state index >= 15 is 0 Å². The molecule has 1 rings (SSSR count). The molecule has 0 aromatic heterocycles. The van der Waals surface area contributed by atoms with Crippen molar-refractivity contribution in [3.8, 4) is 0 Å². The molecule has 0 spiro atoms. The lowest BCUT2D eigenvalue weighted by atomic mass is 10.0. The van der Waals surface area contributed by atoms with Crippen LogP contribution in [-0.4, -0.2) is 30.8 Å². The zero-order valence-corrected chi connectivity index (χ0v) is 12.3. The average Bonchev–Trinajstić information content (AvgIpc) is 2.31. The van der Waals surface area contributed by atoms with Gasteiger partial charge in [-0.05, 0) is 23.1 Å². The van der Waals surface area contributed by atoms with Crippen LogP contribution in [0.15, 0.2) is 42.5 Å². The van der Waals surface area contributed by atoms with E-state index in [9.17, 15) is 0 Å². The van der Waals surface area contributed by atoms with Gasteiger partial charge in [-0.1, -0.05) is 36.9 Å². The SMILES string of the molecule is C=C(C([SiH3])Cc1ccccc1)C(OC)OC. The largest absolute Gasteiger partial charge is 0.352 e. The van der Waals surface area contributed by atoms with E-state index in [1.165, 1.54) is 5.56 Å². The topological polar surface area (TPSA) is 18.5 Å². The molecule has 16 heavy (non-hydrogen) atoms. The minimum atomic E-state index is -0.272. The lowest BCUT2D eigenvalue weighted by Crippen LogP contribution is -2.20. The second kappa shape index (κ2) is 6.63. The van der Waals surface area contributed by atoms with E-state index in [1.807, 2.05) is 6.07 Å².